The first-order valence-corrected chi connectivity index (χ1v) is 12.2. The van der Waals surface area contributed by atoms with Crippen molar-refractivity contribution in [3.63, 3.8) is 0 Å². The van der Waals surface area contributed by atoms with E-state index < -0.39 is 5.97 Å². The minimum absolute atomic E-state index is 0.0377. The van der Waals surface area contributed by atoms with Crippen molar-refractivity contribution in [2.45, 2.75) is 32.4 Å². The molecule has 0 bridgehead atoms. The van der Waals surface area contributed by atoms with Crippen LogP contribution in [0.4, 0.5) is 5.69 Å². The Balaban J connectivity index is 1.43. The number of carbonyl (C=O) groups is 1. The Morgan fingerprint density at radius 1 is 1.11 bits per heavy atom. The van der Waals surface area contributed by atoms with Gasteiger partial charge in [-0.2, -0.15) is 0 Å². The molecule has 0 aromatic heterocycles. The fraction of sp³-hybridized carbons (Fsp3) is 0.345. The fourth-order valence-corrected chi connectivity index (χ4v) is 5.07. The van der Waals surface area contributed by atoms with Gasteiger partial charge in [0.15, 0.2) is 0 Å². The smallest absolute Gasteiger partial charge is 0.307 e. The van der Waals surface area contributed by atoms with Crippen molar-refractivity contribution in [1.29, 1.82) is 0 Å². The molecule has 1 spiro atoms. The van der Waals surface area contributed by atoms with Crippen LogP contribution in [0.5, 0.6) is 5.75 Å². The van der Waals surface area contributed by atoms with Crippen LogP contribution in [0.15, 0.2) is 66.7 Å². The quantitative estimate of drug-likeness (QED) is 0.490. The van der Waals surface area contributed by atoms with Crippen molar-refractivity contribution < 1.29 is 19.4 Å². The van der Waals surface area contributed by atoms with Crippen LogP contribution < -0.4 is 15.4 Å². The highest BCUT2D eigenvalue weighted by Crippen LogP contribution is 2.42. The average Bonchev–Trinajstić information content (AvgIpc) is 3.33. The number of benzene rings is 3. The molecule has 35 heavy (non-hydrogen) atoms. The summed E-state index contributed by atoms with van der Waals surface area (Å²) < 4.78 is 11.8. The number of para-hydroxylation sites is 1. The van der Waals surface area contributed by atoms with E-state index in [1.54, 1.807) is 6.07 Å². The van der Waals surface area contributed by atoms with Gasteiger partial charge in [-0.05, 0) is 65.9 Å². The molecular formula is C29H32N2O4. The lowest BCUT2D eigenvalue weighted by molar-refractivity contribution is -0.136. The molecule has 0 radical (unpaired) electrons. The molecule has 2 fully saturated rings. The molecule has 6 heteroatoms. The molecule has 2 aliphatic heterocycles. The Kier molecular flexibility index (Phi) is 6.50. The largest absolute Gasteiger partial charge is 0.489 e. The van der Waals surface area contributed by atoms with Crippen molar-refractivity contribution in [2.24, 2.45) is 11.1 Å². The normalized spacial score (nSPS) is 17.3. The molecule has 0 saturated carbocycles. The molecule has 1 atom stereocenters. The molecule has 3 N–H and O–H groups in total. The second-order valence-electron chi connectivity index (χ2n) is 9.93. The minimum atomic E-state index is -0.873. The maximum Gasteiger partial charge on any atom is 0.307 e. The topological polar surface area (TPSA) is 85.0 Å². The van der Waals surface area contributed by atoms with Gasteiger partial charge in [-0.25, -0.2) is 0 Å². The van der Waals surface area contributed by atoms with E-state index in [0.717, 1.165) is 55.0 Å². The van der Waals surface area contributed by atoms with Crippen LogP contribution in [0.3, 0.4) is 0 Å². The molecular weight excluding hydrogens is 440 g/mol. The number of ether oxygens (including phenoxy) is 2. The molecule has 2 aliphatic rings. The highest BCUT2D eigenvalue weighted by molar-refractivity contribution is 5.72. The van der Waals surface area contributed by atoms with Gasteiger partial charge in [0, 0.05) is 42.4 Å². The van der Waals surface area contributed by atoms with Gasteiger partial charge in [0.05, 0.1) is 13.0 Å². The van der Waals surface area contributed by atoms with Crippen LogP contribution in [-0.4, -0.2) is 37.4 Å². The first-order chi connectivity index (χ1) is 16.9. The first-order valence-electron chi connectivity index (χ1n) is 12.2. The summed E-state index contributed by atoms with van der Waals surface area (Å²) in [7, 11) is 0. The van der Waals surface area contributed by atoms with E-state index in [2.05, 4.69) is 41.3 Å². The average molecular weight is 473 g/mol. The number of carboxylic acids is 1. The molecule has 3 aromatic carbocycles. The van der Waals surface area contributed by atoms with Gasteiger partial charge in [0.25, 0.3) is 0 Å². The maximum atomic E-state index is 11.3. The third-order valence-electron chi connectivity index (χ3n) is 7.03. The van der Waals surface area contributed by atoms with Crippen molar-refractivity contribution >= 4 is 11.7 Å². The monoisotopic (exact) mass is 472 g/mol. The maximum absolute atomic E-state index is 11.3. The van der Waals surface area contributed by atoms with Gasteiger partial charge < -0.3 is 25.2 Å². The predicted molar refractivity (Wildman–Crippen MR) is 137 cm³/mol. The van der Waals surface area contributed by atoms with Gasteiger partial charge in [-0.1, -0.05) is 36.4 Å². The van der Waals surface area contributed by atoms with Gasteiger partial charge >= 0.3 is 5.97 Å². The van der Waals surface area contributed by atoms with E-state index in [-0.39, 0.29) is 17.9 Å². The van der Waals surface area contributed by atoms with Crippen LogP contribution >= 0.6 is 0 Å². The molecule has 0 amide bonds. The number of nitrogens with zero attached hydrogens (tertiary/aromatic N) is 1. The lowest BCUT2D eigenvalue weighted by atomic mass is 9.79. The predicted octanol–water partition coefficient (Wildman–Crippen LogP) is 4.81. The van der Waals surface area contributed by atoms with Crippen molar-refractivity contribution in [3.8, 4) is 16.9 Å². The molecule has 2 saturated heterocycles. The third kappa shape index (κ3) is 5.19. The van der Waals surface area contributed by atoms with Crippen LogP contribution in [-0.2, 0) is 22.6 Å². The molecule has 3 aromatic rings. The summed E-state index contributed by atoms with van der Waals surface area (Å²) in [6, 6.07) is 22.2. The number of carboxylic acid groups (broad SMARTS) is 1. The first kappa shape index (κ1) is 23.4. The minimum Gasteiger partial charge on any atom is -0.489 e. The molecule has 0 aliphatic carbocycles. The molecule has 6 nitrogen and oxygen atoms in total. The highest BCUT2D eigenvalue weighted by Gasteiger charge is 2.45. The fourth-order valence-electron chi connectivity index (χ4n) is 5.07. The Labute approximate surface area is 206 Å². The van der Waals surface area contributed by atoms with E-state index in [9.17, 15) is 9.90 Å². The number of nitrogens with two attached hydrogens (primary N) is 1. The van der Waals surface area contributed by atoms with Gasteiger partial charge in [0.1, 0.15) is 12.4 Å². The van der Waals surface area contributed by atoms with Crippen LogP contribution in [0.1, 0.15) is 36.1 Å². The van der Waals surface area contributed by atoms with Crippen molar-refractivity contribution in [3.05, 3.63) is 83.4 Å². The third-order valence-corrected chi connectivity index (χ3v) is 7.03. The number of rotatable bonds is 8. The number of hydrogen-bond donors (Lipinski definition) is 2. The zero-order chi connectivity index (χ0) is 24.4. The Bertz CT molecular complexity index is 1210. The van der Waals surface area contributed by atoms with Gasteiger partial charge in [0.2, 0.25) is 0 Å². The molecule has 182 valence electrons. The zero-order valence-corrected chi connectivity index (χ0v) is 20.1. The number of hydrogen-bond acceptors (Lipinski definition) is 5. The van der Waals surface area contributed by atoms with E-state index in [4.69, 9.17) is 15.2 Å². The second kappa shape index (κ2) is 9.72. The number of aliphatic carboxylic acids is 1. The van der Waals surface area contributed by atoms with Crippen LogP contribution in [0, 0.1) is 5.41 Å². The van der Waals surface area contributed by atoms with Crippen LogP contribution in [0.25, 0.3) is 11.1 Å². The molecule has 5 rings (SSSR count). The molecule has 0 unspecified atom stereocenters. The van der Waals surface area contributed by atoms with E-state index >= 15 is 0 Å². The van der Waals surface area contributed by atoms with Gasteiger partial charge in [-0.15, -0.1) is 0 Å². The Hall–Kier alpha value is -3.35. The van der Waals surface area contributed by atoms with Crippen molar-refractivity contribution in [1.82, 2.24) is 0 Å². The lowest BCUT2D eigenvalue weighted by Gasteiger charge is -2.48. The summed E-state index contributed by atoms with van der Waals surface area (Å²) >= 11 is 0. The van der Waals surface area contributed by atoms with Crippen LogP contribution in [0.2, 0.25) is 0 Å². The summed E-state index contributed by atoms with van der Waals surface area (Å²) in [5, 5.41) is 9.24. The van der Waals surface area contributed by atoms with E-state index in [1.807, 2.05) is 31.2 Å². The second-order valence-corrected chi connectivity index (χ2v) is 9.93. The van der Waals surface area contributed by atoms with E-state index in [1.165, 1.54) is 5.69 Å². The van der Waals surface area contributed by atoms with Gasteiger partial charge in [-0.3, -0.25) is 4.79 Å². The SMILES string of the molecule is C[C@H](N)c1cccc(-c2cc(COc3ccccc3CC(=O)O)cc(N3CC4(CCOC4)C3)c2)c1. The van der Waals surface area contributed by atoms with Crippen molar-refractivity contribution in [2.75, 3.05) is 31.2 Å². The lowest BCUT2D eigenvalue weighted by Crippen LogP contribution is -2.57. The Morgan fingerprint density at radius 3 is 2.69 bits per heavy atom. The summed E-state index contributed by atoms with van der Waals surface area (Å²) in [5.74, 6) is -0.270. The zero-order valence-electron chi connectivity index (χ0n) is 20.1. The summed E-state index contributed by atoms with van der Waals surface area (Å²) in [6.07, 6.45) is 1.05. The number of anilines is 1. The summed E-state index contributed by atoms with van der Waals surface area (Å²) in [4.78, 5) is 13.7. The highest BCUT2D eigenvalue weighted by atomic mass is 16.5. The Morgan fingerprint density at radius 2 is 1.94 bits per heavy atom. The van der Waals surface area contributed by atoms with E-state index in [0.29, 0.717) is 17.9 Å². The summed E-state index contributed by atoms with van der Waals surface area (Å²) in [5.41, 5.74) is 12.6. The molecule has 2 heterocycles. The summed E-state index contributed by atoms with van der Waals surface area (Å²) in [6.45, 7) is 6.04. The standard InChI is InChI=1S/C29H32N2O4/c1-20(30)22-6-4-7-23(13-22)25-11-21(16-35-27-8-3-2-5-24(27)15-28(32)33)12-26(14-25)31-17-29(18-31)9-10-34-19-29/h2-8,11-14,20H,9-10,15-19,30H2,1H3,(H,32,33)/t20-/m0/s1.